The van der Waals surface area contributed by atoms with Crippen LogP contribution in [-0.2, 0) is 24.2 Å². The second-order valence-corrected chi connectivity index (χ2v) is 10.8. The molecule has 0 spiro atoms. The molecule has 0 radical (unpaired) electrons. The van der Waals surface area contributed by atoms with E-state index in [0.717, 1.165) is 60.3 Å². The molecule has 6 rings (SSSR count). The number of aromatic nitrogens is 1. The topological polar surface area (TPSA) is 86.5 Å². The largest absolute Gasteiger partial charge is 0.390 e. The number of aliphatic hydroxyl groups excluding tert-OH is 1. The third-order valence-corrected chi connectivity index (χ3v) is 7.81. The number of halogens is 1. The Balaban J connectivity index is 1.35. The van der Waals surface area contributed by atoms with Gasteiger partial charge in [0.1, 0.15) is 5.56 Å². The van der Waals surface area contributed by atoms with E-state index >= 15 is 0 Å². The van der Waals surface area contributed by atoms with Gasteiger partial charge in [-0.15, -0.1) is 0 Å². The molecule has 9 heteroatoms. The van der Waals surface area contributed by atoms with Gasteiger partial charge in [-0.25, -0.2) is 0 Å². The molecule has 4 heterocycles. The number of hydrogen-bond donors (Lipinski definition) is 2. The van der Waals surface area contributed by atoms with Gasteiger partial charge in [0.05, 0.1) is 24.8 Å². The number of amides is 1. The SMILES string of the molecule is O=C(NCc1ccc(Cl)cc1)c1cn2c(CCN3CC(O)C3)cc3cc(CN4CCOCC4)cc(c1=O)c32. The second kappa shape index (κ2) is 10.6. The first-order valence-corrected chi connectivity index (χ1v) is 13.5. The Kier molecular flexibility index (Phi) is 7.07. The quantitative estimate of drug-likeness (QED) is 0.361. The Morgan fingerprint density at radius 1 is 1.05 bits per heavy atom. The number of nitrogens with one attached hydrogen (secondary N) is 1. The molecule has 198 valence electrons. The van der Waals surface area contributed by atoms with Gasteiger partial charge in [-0.1, -0.05) is 23.7 Å². The molecule has 2 aromatic carbocycles. The minimum absolute atomic E-state index is 0.133. The maximum atomic E-state index is 13.7. The number of likely N-dealkylation sites (tertiary alicyclic amines) is 1. The highest BCUT2D eigenvalue weighted by Crippen LogP contribution is 2.27. The van der Waals surface area contributed by atoms with Gasteiger partial charge < -0.3 is 19.6 Å². The molecule has 4 aromatic rings. The highest BCUT2D eigenvalue weighted by molar-refractivity contribution is 6.30. The Morgan fingerprint density at radius 3 is 2.55 bits per heavy atom. The van der Waals surface area contributed by atoms with E-state index in [1.54, 1.807) is 18.3 Å². The molecule has 2 aliphatic rings. The molecule has 0 saturated carbocycles. The number of carbonyl (C=O) groups is 1. The molecule has 38 heavy (non-hydrogen) atoms. The molecule has 2 aliphatic heterocycles. The predicted molar refractivity (Wildman–Crippen MR) is 147 cm³/mol. The van der Waals surface area contributed by atoms with Crippen LogP contribution in [0.3, 0.4) is 0 Å². The summed E-state index contributed by atoms with van der Waals surface area (Å²) in [7, 11) is 0. The summed E-state index contributed by atoms with van der Waals surface area (Å²) in [5.74, 6) is -0.396. The van der Waals surface area contributed by atoms with Gasteiger partial charge in [0.2, 0.25) is 5.43 Å². The molecule has 1 amide bonds. The van der Waals surface area contributed by atoms with Gasteiger partial charge in [0.15, 0.2) is 0 Å². The number of hydrogen-bond acceptors (Lipinski definition) is 6. The lowest BCUT2D eigenvalue weighted by molar-refractivity contribution is 0.00295. The number of ether oxygens (including phenoxy) is 1. The number of pyridine rings is 1. The Morgan fingerprint density at radius 2 is 1.82 bits per heavy atom. The number of carbonyl (C=O) groups excluding carboxylic acids is 1. The lowest BCUT2D eigenvalue weighted by atomic mass is 10.0. The number of nitrogens with zero attached hydrogens (tertiary/aromatic N) is 3. The van der Waals surface area contributed by atoms with Crippen molar-refractivity contribution in [3.8, 4) is 0 Å². The smallest absolute Gasteiger partial charge is 0.257 e. The Labute approximate surface area is 225 Å². The van der Waals surface area contributed by atoms with Crippen LogP contribution in [0.4, 0.5) is 0 Å². The van der Waals surface area contributed by atoms with Crippen molar-refractivity contribution in [3.05, 3.63) is 86.3 Å². The third-order valence-electron chi connectivity index (χ3n) is 7.56. The van der Waals surface area contributed by atoms with Crippen LogP contribution in [-0.4, -0.2) is 77.3 Å². The third kappa shape index (κ3) is 5.15. The molecule has 0 atom stereocenters. The first-order valence-electron chi connectivity index (χ1n) is 13.1. The fourth-order valence-electron chi connectivity index (χ4n) is 5.48. The summed E-state index contributed by atoms with van der Waals surface area (Å²) in [5, 5.41) is 14.8. The molecule has 0 unspecified atom stereocenters. The molecule has 2 aromatic heterocycles. The highest BCUT2D eigenvalue weighted by atomic mass is 35.5. The van der Waals surface area contributed by atoms with Crippen molar-refractivity contribution < 1.29 is 14.6 Å². The van der Waals surface area contributed by atoms with Crippen molar-refractivity contribution >= 4 is 33.8 Å². The summed E-state index contributed by atoms with van der Waals surface area (Å²) in [6.07, 6.45) is 2.20. The van der Waals surface area contributed by atoms with Crippen molar-refractivity contribution in [1.29, 1.82) is 0 Å². The number of β-amino-alcohol motifs (C(OH)–C–C–N with tert-alkyl or cyclic N) is 1. The van der Waals surface area contributed by atoms with E-state index in [0.29, 0.717) is 43.3 Å². The van der Waals surface area contributed by atoms with Gasteiger partial charge in [-0.05, 0) is 41.5 Å². The van der Waals surface area contributed by atoms with E-state index in [9.17, 15) is 14.7 Å². The van der Waals surface area contributed by atoms with Gasteiger partial charge in [0, 0.05) is 79.9 Å². The average Bonchev–Trinajstić information content (AvgIpc) is 3.25. The normalized spacial score (nSPS) is 17.3. The lowest BCUT2D eigenvalue weighted by Crippen LogP contribution is -2.51. The van der Waals surface area contributed by atoms with E-state index in [1.807, 2.05) is 22.6 Å². The fourth-order valence-corrected chi connectivity index (χ4v) is 5.61. The zero-order valence-electron chi connectivity index (χ0n) is 21.2. The van der Waals surface area contributed by atoms with E-state index in [2.05, 4.69) is 27.2 Å². The van der Waals surface area contributed by atoms with E-state index < -0.39 is 5.91 Å². The lowest BCUT2D eigenvalue weighted by Gasteiger charge is -2.35. The number of aliphatic hydroxyl groups is 1. The summed E-state index contributed by atoms with van der Waals surface area (Å²) in [4.78, 5) is 31.5. The van der Waals surface area contributed by atoms with Gasteiger partial charge in [-0.3, -0.25) is 19.4 Å². The molecule has 8 nitrogen and oxygen atoms in total. The molecular formula is C29H31ClN4O4. The van der Waals surface area contributed by atoms with Crippen LogP contribution in [0.15, 0.2) is 53.5 Å². The standard InChI is InChI=1S/C29H31ClN4O4/c30-22-3-1-19(2-4-22)14-31-29(37)26-18-34-23(5-6-33-16-24(35)17-33)13-21-11-20(12-25(27(21)34)28(26)36)15-32-7-9-38-10-8-32/h1-4,11-13,18,24,35H,5-10,14-17H2,(H,31,37). The van der Waals surface area contributed by atoms with Gasteiger partial charge in [-0.2, -0.15) is 0 Å². The summed E-state index contributed by atoms with van der Waals surface area (Å²) in [6, 6.07) is 13.5. The summed E-state index contributed by atoms with van der Waals surface area (Å²) in [5.41, 5.74) is 3.74. The van der Waals surface area contributed by atoms with Crippen LogP contribution in [0, 0.1) is 0 Å². The monoisotopic (exact) mass is 534 g/mol. The number of benzene rings is 2. The summed E-state index contributed by atoms with van der Waals surface area (Å²) in [6.45, 7) is 6.33. The highest BCUT2D eigenvalue weighted by Gasteiger charge is 2.25. The Hall–Kier alpha value is -3.01. The minimum Gasteiger partial charge on any atom is -0.390 e. The minimum atomic E-state index is -0.396. The van der Waals surface area contributed by atoms with Gasteiger partial charge >= 0.3 is 0 Å². The first-order chi connectivity index (χ1) is 18.4. The second-order valence-electron chi connectivity index (χ2n) is 10.3. The van der Waals surface area contributed by atoms with Gasteiger partial charge in [0.25, 0.3) is 5.91 Å². The van der Waals surface area contributed by atoms with E-state index in [4.69, 9.17) is 16.3 Å². The maximum absolute atomic E-state index is 13.7. The van der Waals surface area contributed by atoms with Crippen LogP contribution in [0.5, 0.6) is 0 Å². The predicted octanol–water partition coefficient (Wildman–Crippen LogP) is 2.53. The fraction of sp³-hybridized carbons (Fsp3) is 0.379. The molecule has 0 bridgehead atoms. The van der Waals surface area contributed by atoms with Crippen LogP contribution in [0.25, 0.3) is 16.3 Å². The number of morpholine rings is 1. The molecule has 2 saturated heterocycles. The first kappa shape index (κ1) is 25.3. The van der Waals surface area contributed by atoms with E-state index in [1.165, 1.54) is 0 Å². The summed E-state index contributed by atoms with van der Waals surface area (Å²) >= 11 is 5.98. The van der Waals surface area contributed by atoms with Crippen molar-refractivity contribution in [3.63, 3.8) is 0 Å². The van der Waals surface area contributed by atoms with Crippen molar-refractivity contribution in [2.75, 3.05) is 45.9 Å². The van der Waals surface area contributed by atoms with E-state index in [-0.39, 0.29) is 17.1 Å². The summed E-state index contributed by atoms with van der Waals surface area (Å²) < 4.78 is 7.50. The maximum Gasteiger partial charge on any atom is 0.257 e. The number of rotatable bonds is 8. The molecule has 0 aliphatic carbocycles. The Bertz CT molecular complexity index is 1510. The molecule has 2 N–H and O–H groups in total. The zero-order valence-corrected chi connectivity index (χ0v) is 21.9. The van der Waals surface area contributed by atoms with Crippen LogP contribution in [0.1, 0.15) is 27.2 Å². The van der Waals surface area contributed by atoms with Crippen molar-refractivity contribution in [1.82, 2.24) is 19.5 Å². The van der Waals surface area contributed by atoms with Crippen molar-refractivity contribution in [2.45, 2.75) is 25.6 Å². The average molecular weight is 535 g/mol. The van der Waals surface area contributed by atoms with Crippen LogP contribution < -0.4 is 10.7 Å². The van der Waals surface area contributed by atoms with Crippen LogP contribution in [0.2, 0.25) is 5.02 Å². The zero-order chi connectivity index (χ0) is 26.2. The molecular weight excluding hydrogens is 504 g/mol. The van der Waals surface area contributed by atoms with Crippen LogP contribution >= 0.6 is 11.6 Å². The molecule has 2 fully saturated rings. The van der Waals surface area contributed by atoms with Crippen molar-refractivity contribution in [2.24, 2.45) is 0 Å².